The SMILES string of the molecule is Cc1ccccc1OCC[NH+]1CCN(c2cnn(-c3ccccc3)c(=O)c2Cl)CC1. The van der Waals surface area contributed by atoms with Crippen LogP contribution in [0.3, 0.4) is 0 Å². The molecule has 30 heavy (non-hydrogen) atoms. The molecule has 1 aromatic heterocycles. The first-order valence-electron chi connectivity index (χ1n) is 10.2. The topological polar surface area (TPSA) is 51.8 Å². The molecule has 1 N–H and O–H groups in total. The molecule has 0 amide bonds. The number of nitrogens with zero attached hydrogens (tertiary/aromatic N) is 3. The molecule has 2 aromatic carbocycles. The molecule has 1 saturated heterocycles. The quantitative estimate of drug-likeness (QED) is 0.656. The van der Waals surface area contributed by atoms with E-state index in [4.69, 9.17) is 16.3 Å². The highest BCUT2D eigenvalue weighted by molar-refractivity contribution is 6.33. The third kappa shape index (κ3) is 4.50. The first-order valence-corrected chi connectivity index (χ1v) is 10.6. The van der Waals surface area contributed by atoms with Gasteiger partial charge in [0.2, 0.25) is 0 Å². The normalized spacial score (nSPS) is 14.7. The van der Waals surface area contributed by atoms with Crippen molar-refractivity contribution in [3.8, 4) is 11.4 Å². The maximum Gasteiger partial charge on any atom is 0.292 e. The van der Waals surface area contributed by atoms with Crippen LogP contribution >= 0.6 is 11.6 Å². The fourth-order valence-electron chi connectivity index (χ4n) is 3.74. The van der Waals surface area contributed by atoms with E-state index in [0.29, 0.717) is 18.0 Å². The van der Waals surface area contributed by atoms with Gasteiger partial charge in [0, 0.05) is 0 Å². The smallest absolute Gasteiger partial charge is 0.292 e. The van der Waals surface area contributed by atoms with Crippen molar-refractivity contribution in [3.05, 3.63) is 81.7 Å². The molecular weight excluding hydrogens is 400 g/mol. The number of halogens is 1. The fraction of sp³-hybridized carbons (Fsp3) is 0.304. The van der Waals surface area contributed by atoms with Gasteiger partial charge in [-0.25, -0.2) is 0 Å². The zero-order chi connectivity index (χ0) is 20.9. The number of para-hydroxylation sites is 2. The van der Waals surface area contributed by atoms with Crippen molar-refractivity contribution in [1.29, 1.82) is 0 Å². The van der Waals surface area contributed by atoms with Crippen LogP contribution in [0, 0.1) is 6.92 Å². The molecule has 3 aromatic rings. The first-order chi connectivity index (χ1) is 14.6. The Hall–Kier alpha value is -2.83. The summed E-state index contributed by atoms with van der Waals surface area (Å²) in [6.07, 6.45) is 1.70. The number of aryl methyl sites for hydroxylation is 1. The lowest BCUT2D eigenvalue weighted by Gasteiger charge is -2.33. The average Bonchev–Trinajstić information content (AvgIpc) is 2.78. The van der Waals surface area contributed by atoms with E-state index < -0.39 is 0 Å². The Kier molecular flexibility index (Phi) is 6.35. The number of anilines is 1. The Balaban J connectivity index is 1.34. The second-order valence-electron chi connectivity index (χ2n) is 7.50. The van der Waals surface area contributed by atoms with Crippen LogP contribution in [0.1, 0.15) is 5.56 Å². The second kappa shape index (κ2) is 9.32. The van der Waals surface area contributed by atoms with Crippen LogP contribution in [-0.4, -0.2) is 49.1 Å². The van der Waals surface area contributed by atoms with Crippen LogP contribution in [0.5, 0.6) is 5.75 Å². The Labute approximate surface area is 181 Å². The molecule has 2 heterocycles. The molecular formula is C23H26ClN4O2+. The van der Waals surface area contributed by atoms with E-state index in [0.717, 1.165) is 44.0 Å². The zero-order valence-corrected chi connectivity index (χ0v) is 17.8. The van der Waals surface area contributed by atoms with Gasteiger partial charge in [-0.1, -0.05) is 48.0 Å². The van der Waals surface area contributed by atoms with Gasteiger partial charge in [-0.05, 0) is 30.7 Å². The van der Waals surface area contributed by atoms with Crippen molar-refractivity contribution in [1.82, 2.24) is 9.78 Å². The number of aromatic nitrogens is 2. The molecule has 1 aliphatic heterocycles. The molecule has 0 saturated carbocycles. The van der Waals surface area contributed by atoms with E-state index in [-0.39, 0.29) is 10.6 Å². The Bertz CT molecular complexity index is 1050. The number of piperazine rings is 1. The molecule has 0 bridgehead atoms. The lowest BCUT2D eigenvalue weighted by molar-refractivity contribution is -0.900. The molecule has 1 fully saturated rings. The van der Waals surface area contributed by atoms with Crippen molar-refractivity contribution >= 4 is 17.3 Å². The van der Waals surface area contributed by atoms with E-state index >= 15 is 0 Å². The van der Waals surface area contributed by atoms with Crippen molar-refractivity contribution in [2.45, 2.75) is 6.92 Å². The van der Waals surface area contributed by atoms with Crippen molar-refractivity contribution in [2.75, 3.05) is 44.2 Å². The van der Waals surface area contributed by atoms with Gasteiger partial charge in [0.05, 0.1) is 43.8 Å². The van der Waals surface area contributed by atoms with Crippen molar-refractivity contribution < 1.29 is 9.64 Å². The lowest BCUT2D eigenvalue weighted by atomic mass is 10.2. The summed E-state index contributed by atoms with van der Waals surface area (Å²) in [6, 6.07) is 17.4. The number of benzene rings is 2. The van der Waals surface area contributed by atoms with Gasteiger partial charge in [0.1, 0.15) is 23.9 Å². The van der Waals surface area contributed by atoms with Gasteiger partial charge in [0.25, 0.3) is 5.56 Å². The van der Waals surface area contributed by atoms with E-state index in [1.807, 2.05) is 48.5 Å². The summed E-state index contributed by atoms with van der Waals surface area (Å²) in [5.74, 6) is 0.951. The summed E-state index contributed by atoms with van der Waals surface area (Å²) < 4.78 is 7.27. The van der Waals surface area contributed by atoms with Gasteiger partial charge in [-0.3, -0.25) is 4.79 Å². The third-order valence-corrected chi connectivity index (χ3v) is 5.87. The summed E-state index contributed by atoms with van der Waals surface area (Å²) in [7, 11) is 0. The standard InChI is InChI=1S/C23H25ClN4O2/c1-18-7-5-6-10-21(18)30-16-15-26-11-13-27(14-12-26)20-17-25-28(23(29)22(20)24)19-8-3-2-4-9-19/h2-10,17H,11-16H2,1H3/p+1. The lowest BCUT2D eigenvalue weighted by Crippen LogP contribution is -3.15. The van der Waals surface area contributed by atoms with Gasteiger partial charge in [0.15, 0.2) is 0 Å². The largest absolute Gasteiger partial charge is 0.487 e. The Morgan fingerprint density at radius 3 is 2.50 bits per heavy atom. The minimum absolute atomic E-state index is 0.222. The highest BCUT2D eigenvalue weighted by Crippen LogP contribution is 2.21. The van der Waals surface area contributed by atoms with Gasteiger partial charge < -0.3 is 14.5 Å². The molecule has 0 radical (unpaired) electrons. The van der Waals surface area contributed by atoms with Crippen molar-refractivity contribution in [3.63, 3.8) is 0 Å². The molecule has 6 nitrogen and oxygen atoms in total. The molecule has 0 aliphatic carbocycles. The van der Waals surface area contributed by atoms with Crippen LogP contribution in [0.25, 0.3) is 5.69 Å². The maximum atomic E-state index is 12.7. The predicted molar refractivity (Wildman–Crippen MR) is 119 cm³/mol. The number of nitrogens with one attached hydrogen (secondary N) is 1. The summed E-state index contributed by atoms with van der Waals surface area (Å²) in [6.45, 7) is 7.29. The Morgan fingerprint density at radius 1 is 1.07 bits per heavy atom. The minimum atomic E-state index is -0.290. The summed E-state index contributed by atoms with van der Waals surface area (Å²) >= 11 is 6.44. The third-order valence-electron chi connectivity index (χ3n) is 5.52. The summed E-state index contributed by atoms with van der Waals surface area (Å²) in [5.41, 5.74) is 2.29. The van der Waals surface area contributed by atoms with E-state index in [9.17, 15) is 4.79 Å². The Morgan fingerprint density at radius 2 is 1.77 bits per heavy atom. The monoisotopic (exact) mass is 425 g/mol. The van der Waals surface area contributed by atoms with Gasteiger partial charge >= 0.3 is 0 Å². The van der Waals surface area contributed by atoms with Crippen LogP contribution in [0.2, 0.25) is 5.02 Å². The average molecular weight is 426 g/mol. The molecule has 1 aliphatic rings. The highest BCUT2D eigenvalue weighted by Gasteiger charge is 2.23. The molecule has 0 atom stereocenters. The van der Waals surface area contributed by atoms with Crippen LogP contribution in [0.4, 0.5) is 5.69 Å². The number of hydrogen-bond acceptors (Lipinski definition) is 4. The number of hydrogen-bond donors (Lipinski definition) is 1. The van der Waals surface area contributed by atoms with Crippen LogP contribution in [-0.2, 0) is 0 Å². The molecule has 0 spiro atoms. The molecule has 4 rings (SSSR count). The molecule has 0 unspecified atom stereocenters. The second-order valence-corrected chi connectivity index (χ2v) is 7.88. The number of quaternary nitrogens is 1. The van der Waals surface area contributed by atoms with Crippen molar-refractivity contribution in [2.24, 2.45) is 0 Å². The molecule has 7 heteroatoms. The minimum Gasteiger partial charge on any atom is -0.487 e. The van der Waals surface area contributed by atoms with Crippen LogP contribution in [0.15, 0.2) is 65.6 Å². The van der Waals surface area contributed by atoms with Gasteiger partial charge in [-0.2, -0.15) is 9.78 Å². The van der Waals surface area contributed by atoms with Crippen LogP contribution < -0.4 is 20.1 Å². The van der Waals surface area contributed by atoms with E-state index in [1.54, 1.807) is 6.20 Å². The fourth-order valence-corrected chi connectivity index (χ4v) is 3.98. The van der Waals surface area contributed by atoms with E-state index in [2.05, 4.69) is 23.0 Å². The first kappa shape index (κ1) is 20.4. The number of rotatable bonds is 6. The molecule has 156 valence electrons. The maximum absolute atomic E-state index is 12.7. The summed E-state index contributed by atoms with van der Waals surface area (Å²) in [4.78, 5) is 16.4. The predicted octanol–water partition coefficient (Wildman–Crippen LogP) is 1.98. The summed E-state index contributed by atoms with van der Waals surface area (Å²) in [5, 5.41) is 4.57. The zero-order valence-electron chi connectivity index (χ0n) is 17.1. The number of ether oxygens (including phenoxy) is 1. The van der Waals surface area contributed by atoms with Gasteiger partial charge in [-0.15, -0.1) is 0 Å². The van der Waals surface area contributed by atoms with E-state index in [1.165, 1.54) is 9.58 Å². The highest BCUT2D eigenvalue weighted by atomic mass is 35.5.